The molecule has 0 aliphatic carbocycles. The third-order valence-corrected chi connectivity index (χ3v) is 6.47. The molecule has 0 radical (unpaired) electrons. The summed E-state index contributed by atoms with van der Waals surface area (Å²) >= 11 is 0. The van der Waals surface area contributed by atoms with Crippen molar-refractivity contribution in [3.63, 3.8) is 0 Å². The molecule has 4 aromatic carbocycles. The van der Waals surface area contributed by atoms with Gasteiger partial charge in [-0.25, -0.2) is 26.3 Å². The number of aryl methyl sites for hydroxylation is 3. The standard InChI is InChI=1S/C30H26F6/c1-2-3-4-5-6-18-13-24(31)28(25(32)14-18)22-11-12-23-21(17-22)10-9-20(29(23)35)8-7-19-15-26(33)30(36)27(34)16-19/h9-17H,2-8H2,1H3. The van der Waals surface area contributed by atoms with Crippen molar-refractivity contribution in [3.05, 3.63) is 106 Å². The predicted octanol–water partition coefficient (Wildman–Crippen LogP) is 9.25. The molecule has 0 heterocycles. The van der Waals surface area contributed by atoms with E-state index in [0.717, 1.165) is 37.8 Å². The SMILES string of the molecule is CCCCCCc1cc(F)c(-c2ccc3c(F)c(CCc4cc(F)c(F)c(F)c4)ccc3c2)c(F)c1. The Kier molecular flexibility index (Phi) is 8.02. The molecule has 0 fully saturated rings. The van der Waals surface area contributed by atoms with E-state index in [2.05, 4.69) is 6.92 Å². The number of fused-ring (bicyclic) bond motifs is 1. The minimum atomic E-state index is -1.54. The zero-order valence-electron chi connectivity index (χ0n) is 19.9. The van der Waals surface area contributed by atoms with E-state index in [0.29, 0.717) is 28.5 Å². The first-order chi connectivity index (χ1) is 17.3. The molecular formula is C30H26F6. The van der Waals surface area contributed by atoms with Gasteiger partial charge in [0.1, 0.15) is 17.5 Å². The van der Waals surface area contributed by atoms with Crippen LogP contribution in [-0.4, -0.2) is 0 Å². The van der Waals surface area contributed by atoms with E-state index in [-0.39, 0.29) is 29.4 Å². The second-order valence-electron chi connectivity index (χ2n) is 9.09. The summed E-state index contributed by atoms with van der Waals surface area (Å²) in [6.07, 6.45) is 4.90. The van der Waals surface area contributed by atoms with Crippen LogP contribution in [0.5, 0.6) is 0 Å². The molecule has 0 aliphatic rings. The highest BCUT2D eigenvalue weighted by Gasteiger charge is 2.16. The summed E-state index contributed by atoms with van der Waals surface area (Å²) in [4.78, 5) is 0. The Morgan fingerprint density at radius 1 is 0.556 bits per heavy atom. The fourth-order valence-corrected chi connectivity index (χ4v) is 4.52. The zero-order valence-corrected chi connectivity index (χ0v) is 19.9. The fourth-order valence-electron chi connectivity index (χ4n) is 4.52. The smallest absolute Gasteiger partial charge is 0.194 e. The highest BCUT2D eigenvalue weighted by molar-refractivity contribution is 5.88. The Morgan fingerprint density at radius 3 is 1.86 bits per heavy atom. The summed E-state index contributed by atoms with van der Waals surface area (Å²) in [5.74, 6) is -5.96. The van der Waals surface area contributed by atoms with Crippen molar-refractivity contribution in [3.8, 4) is 11.1 Å². The lowest BCUT2D eigenvalue weighted by Gasteiger charge is -2.11. The van der Waals surface area contributed by atoms with Crippen molar-refractivity contribution in [2.75, 3.05) is 0 Å². The molecule has 4 aromatic rings. The largest absolute Gasteiger partial charge is 0.206 e. The molecule has 0 atom stereocenters. The molecule has 0 unspecified atom stereocenters. The number of unbranched alkanes of at least 4 members (excludes halogenated alkanes) is 3. The maximum absolute atomic E-state index is 15.2. The summed E-state index contributed by atoms with van der Waals surface area (Å²) in [6, 6.07) is 12.2. The minimum Gasteiger partial charge on any atom is -0.206 e. The molecule has 0 bridgehead atoms. The number of benzene rings is 4. The van der Waals surface area contributed by atoms with Gasteiger partial charge in [-0.05, 0) is 83.7 Å². The fraction of sp³-hybridized carbons (Fsp3) is 0.267. The van der Waals surface area contributed by atoms with E-state index in [1.54, 1.807) is 6.07 Å². The predicted molar refractivity (Wildman–Crippen MR) is 131 cm³/mol. The monoisotopic (exact) mass is 500 g/mol. The van der Waals surface area contributed by atoms with Crippen molar-refractivity contribution >= 4 is 10.8 Å². The third-order valence-electron chi connectivity index (χ3n) is 6.47. The molecule has 36 heavy (non-hydrogen) atoms. The number of halogens is 6. The van der Waals surface area contributed by atoms with Crippen LogP contribution in [0, 0.1) is 34.9 Å². The number of rotatable bonds is 9. The summed E-state index contributed by atoms with van der Waals surface area (Å²) in [5, 5.41) is 0.733. The van der Waals surface area contributed by atoms with Gasteiger partial charge in [0.2, 0.25) is 0 Å². The Bertz CT molecular complexity index is 1350. The Hall–Kier alpha value is -3.28. The number of hydrogen-bond acceptors (Lipinski definition) is 0. The first-order valence-corrected chi connectivity index (χ1v) is 12.1. The van der Waals surface area contributed by atoms with Crippen molar-refractivity contribution in [2.24, 2.45) is 0 Å². The summed E-state index contributed by atoms with van der Waals surface area (Å²) < 4.78 is 85.0. The molecule has 6 heteroatoms. The summed E-state index contributed by atoms with van der Waals surface area (Å²) in [6.45, 7) is 2.10. The quantitative estimate of drug-likeness (QED) is 0.122. The Labute approximate surface area is 206 Å². The van der Waals surface area contributed by atoms with E-state index in [1.807, 2.05) is 0 Å². The highest BCUT2D eigenvalue weighted by atomic mass is 19.2. The molecule has 0 saturated heterocycles. The van der Waals surface area contributed by atoms with E-state index in [1.165, 1.54) is 36.4 Å². The average Bonchev–Trinajstić information content (AvgIpc) is 2.84. The molecule has 0 N–H and O–H groups in total. The van der Waals surface area contributed by atoms with Gasteiger partial charge in [-0.3, -0.25) is 0 Å². The van der Waals surface area contributed by atoms with Crippen LogP contribution >= 0.6 is 0 Å². The molecule has 0 spiro atoms. The van der Waals surface area contributed by atoms with Crippen LogP contribution in [0.4, 0.5) is 26.3 Å². The van der Waals surface area contributed by atoms with Gasteiger partial charge in [0, 0.05) is 5.39 Å². The molecule has 0 nitrogen and oxygen atoms in total. The molecule has 0 aromatic heterocycles. The Balaban J connectivity index is 1.56. The summed E-state index contributed by atoms with van der Waals surface area (Å²) in [7, 11) is 0. The molecule has 0 saturated carbocycles. The average molecular weight is 501 g/mol. The van der Waals surface area contributed by atoms with Crippen molar-refractivity contribution in [2.45, 2.75) is 51.9 Å². The molecule has 4 rings (SSSR count). The van der Waals surface area contributed by atoms with Crippen LogP contribution in [0.2, 0.25) is 0 Å². The van der Waals surface area contributed by atoms with Gasteiger partial charge < -0.3 is 0 Å². The third kappa shape index (κ3) is 5.58. The molecule has 188 valence electrons. The van der Waals surface area contributed by atoms with Crippen molar-refractivity contribution < 1.29 is 26.3 Å². The topological polar surface area (TPSA) is 0 Å². The lowest BCUT2D eigenvalue weighted by atomic mass is 9.95. The number of hydrogen-bond donors (Lipinski definition) is 0. The van der Waals surface area contributed by atoms with Crippen molar-refractivity contribution in [1.82, 2.24) is 0 Å². The van der Waals surface area contributed by atoms with Gasteiger partial charge in [0.15, 0.2) is 17.5 Å². The van der Waals surface area contributed by atoms with Gasteiger partial charge >= 0.3 is 0 Å². The maximum atomic E-state index is 15.2. The normalized spacial score (nSPS) is 11.4. The van der Waals surface area contributed by atoms with E-state index >= 15 is 4.39 Å². The molecule has 0 aliphatic heterocycles. The van der Waals surface area contributed by atoms with Crippen molar-refractivity contribution in [1.29, 1.82) is 0 Å². The lowest BCUT2D eigenvalue weighted by Crippen LogP contribution is -1.99. The Morgan fingerprint density at radius 2 is 1.19 bits per heavy atom. The summed E-state index contributed by atoms with van der Waals surface area (Å²) in [5.41, 5.74) is 1.28. The van der Waals surface area contributed by atoms with Gasteiger partial charge in [-0.15, -0.1) is 0 Å². The minimum absolute atomic E-state index is 0.107. The molecule has 0 amide bonds. The highest BCUT2D eigenvalue weighted by Crippen LogP contribution is 2.32. The second kappa shape index (κ2) is 11.2. The molecular weight excluding hydrogens is 474 g/mol. The van der Waals surface area contributed by atoms with Gasteiger partial charge in [-0.1, -0.05) is 50.5 Å². The first kappa shape index (κ1) is 25.8. The van der Waals surface area contributed by atoms with Gasteiger partial charge in [-0.2, -0.15) is 0 Å². The van der Waals surface area contributed by atoms with Gasteiger partial charge in [0.05, 0.1) is 5.56 Å². The van der Waals surface area contributed by atoms with Crippen LogP contribution in [0.25, 0.3) is 21.9 Å². The van der Waals surface area contributed by atoms with Crippen LogP contribution in [0.3, 0.4) is 0 Å². The van der Waals surface area contributed by atoms with Crippen LogP contribution in [0.1, 0.15) is 49.3 Å². The van der Waals surface area contributed by atoms with Gasteiger partial charge in [0.25, 0.3) is 0 Å². The zero-order chi connectivity index (χ0) is 25.8. The maximum Gasteiger partial charge on any atom is 0.194 e. The first-order valence-electron chi connectivity index (χ1n) is 12.1. The van der Waals surface area contributed by atoms with Crippen LogP contribution in [-0.2, 0) is 19.3 Å². The lowest BCUT2D eigenvalue weighted by molar-refractivity contribution is 0.445. The van der Waals surface area contributed by atoms with E-state index in [9.17, 15) is 22.0 Å². The van der Waals surface area contributed by atoms with E-state index in [4.69, 9.17) is 0 Å². The van der Waals surface area contributed by atoms with Crippen LogP contribution in [0.15, 0.2) is 54.6 Å². The van der Waals surface area contributed by atoms with E-state index < -0.39 is 34.9 Å². The van der Waals surface area contributed by atoms with Crippen LogP contribution < -0.4 is 0 Å². The second-order valence-corrected chi connectivity index (χ2v) is 9.09.